The lowest BCUT2D eigenvalue weighted by Crippen LogP contribution is -2.47. The molecule has 0 bridgehead atoms. The van der Waals surface area contributed by atoms with E-state index in [0.717, 1.165) is 47.8 Å². The third-order valence-corrected chi connectivity index (χ3v) is 6.27. The maximum absolute atomic E-state index is 12.6. The molecule has 166 valence electrons. The highest BCUT2D eigenvalue weighted by atomic mass is 35.5. The predicted molar refractivity (Wildman–Crippen MR) is 133 cm³/mol. The first-order valence-electron chi connectivity index (χ1n) is 11.1. The van der Waals surface area contributed by atoms with E-state index in [4.69, 9.17) is 16.6 Å². The smallest absolute Gasteiger partial charge is 0.246 e. The van der Waals surface area contributed by atoms with E-state index in [-0.39, 0.29) is 5.91 Å². The van der Waals surface area contributed by atoms with E-state index in [2.05, 4.69) is 15.5 Å². The van der Waals surface area contributed by atoms with Crippen LogP contribution in [0.3, 0.4) is 0 Å². The topological polar surface area (TPSA) is 40.9 Å². The lowest BCUT2D eigenvalue weighted by atomic mass is 10.1. The highest BCUT2D eigenvalue weighted by Gasteiger charge is 2.22. The highest BCUT2D eigenvalue weighted by molar-refractivity contribution is 6.30. The van der Waals surface area contributed by atoms with Crippen molar-refractivity contribution in [2.45, 2.75) is 6.54 Å². The Balaban J connectivity index is 1.29. The van der Waals surface area contributed by atoms with Crippen LogP contribution in [0.15, 0.2) is 85.1 Å². The summed E-state index contributed by atoms with van der Waals surface area (Å²) in [5.41, 5.74) is 5.14. The van der Waals surface area contributed by atoms with Gasteiger partial charge in [0.15, 0.2) is 0 Å². The number of rotatable bonds is 5. The minimum absolute atomic E-state index is 0.0650. The van der Waals surface area contributed by atoms with Gasteiger partial charge in [0.25, 0.3) is 0 Å². The van der Waals surface area contributed by atoms with E-state index < -0.39 is 0 Å². The van der Waals surface area contributed by atoms with Gasteiger partial charge >= 0.3 is 0 Å². The molecule has 6 heteroatoms. The zero-order chi connectivity index (χ0) is 22.6. The van der Waals surface area contributed by atoms with Crippen LogP contribution in [0, 0.1) is 0 Å². The summed E-state index contributed by atoms with van der Waals surface area (Å²) in [5, 5.41) is 0.714. The summed E-state index contributed by atoms with van der Waals surface area (Å²) >= 11 is 6.10. The first-order valence-corrected chi connectivity index (χ1v) is 11.5. The van der Waals surface area contributed by atoms with Gasteiger partial charge < -0.3 is 9.30 Å². The normalized spacial score (nSPS) is 14.9. The molecule has 0 atom stereocenters. The fourth-order valence-electron chi connectivity index (χ4n) is 4.21. The summed E-state index contributed by atoms with van der Waals surface area (Å²) in [7, 11) is 0. The van der Waals surface area contributed by atoms with Crippen LogP contribution in [0.5, 0.6) is 0 Å². The first kappa shape index (κ1) is 21.4. The molecule has 0 N–H and O–H groups in total. The zero-order valence-electron chi connectivity index (χ0n) is 18.3. The average molecular weight is 457 g/mol. The van der Waals surface area contributed by atoms with Gasteiger partial charge in [-0.25, -0.2) is 4.98 Å². The van der Waals surface area contributed by atoms with E-state index >= 15 is 0 Å². The number of carbonyl (C=O) groups is 1. The number of nitrogens with zero attached hydrogens (tertiary/aromatic N) is 4. The Hall–Kier alpha value is -3.41. The minimum Gasteiger partial charge on any atom is -0.337 e. The Morgan fingerprint density at radius 1 is 0.909 bits per heavy atom. The molecule has 4 aromatic rings. The van der Waals surface area contributed by atoms with Crippen molar-refractivity contribution in [2.24, 2.45) is 0 Å². The van der Waals surface area contributed by atoms with Gasteiger partial charge in [0, 0.05) is 55.6 Å². The second-order valence-electron chi connectivity index (χ2n) is 8.19. The maximum Gasteiger partial charge on any atom is 0.246 e. The van der Waals surface area contributed by atoms with Crippen LogP contribution in [-0.2, 0) is 11.3 Å². The number of hydrogen-bond acceptors (Lipinski definition) is 3. The second kappa shape index (κ2) is 9.61. The number of piperazine rings is 1. The summed E-state index contributed by atoms with van der Waals surface area (Å²) < 4.78 is 2.16. The van der Waals surface area contributed by atoms with Gasteiger partial charge in [-0.15, -0.1) is 0 Å². The van der Waals surface area contributed by atoms with Crippen molar-refractivity contribution >= 4 is 29.2 Å². The molecule has 0 unspecified atom stereocenters. The van der Waals surface area contributed by atoms with Crippen molar-refractivity contribution in [1.29, 1.82) is 0 Å². The first-order chi connectivity index (χ1) is 16.2. The number of halogens is 1. The van der Waals surface area contributed by atoms with Crippen molar-refractivity contribution in [3.05, 3.63) is 101 Å². The van der Waals surface area contributed by atoms with Crippen LogP contribution in [0.4, 0.5) is 0 Å². The molecular formula is C27H25ClN4O. The molecule has 2 aromatic heterocycles. The van der Waals surface area contributed by atoms with Crippen molar-refractivity contribution in [3.8, 4) is 11.3 Å². The number of fused-ring (bicyclic) bond motifs is 1. The Morgan fingerprint density at radius 3 is 2.39 bits per heavy atom. The third-order valence-electron chi connectivity index (χ3n) is 6.02. The number of pyridine rings is 1. The molecule has 1 aliphatic rings. The molecule has 33 heavy (non-hydrogen) atoms. The molecule has 1 saturated heterocycles. The predicted octanol–water partition coefficient (Wildman–Crippen LogP) is 5.01. The molecular weight excluding hydrogens is 432 g/mol. The molecule has 5 nitrogen and oxygen atoms in total. The molecule has 1 aliphatic heterocycles. The van der Waals surface area contributed by atoms with E-state index in [1.165, 1.54) is 0 Å². The molecule has 0 spiro atoms. The van der Waals surface area contributed by atoms with Gasteiger partial charge in [-0.2, -0.15) is 0 Å². The van der Waals surface area contributed by atoms with Gasteiger partial charge in [0.2, 0.25) is 5.91 Å². The summed E-state index contributed by atoms with van der Waals surface area (Å²) in [6, 6.07) is 23.8. The monoisotopic (exact) mass is 456 g/mol. The number of aromatic nitrogens is 2. The number of benzene rings is 2. The minimum atomic E-state index is 0.0650. The number of amides is 1. The van der Waals surface area contributed by atoms with Crippen LogP contribution in [-0.4, -0.2) is 51.3 Å². The standard InChI is InChI=1S/C27H25ClN4O/c28-23-12-10-22(11-13-23)27-24(32-15-5-4-8-25(32)29-27)20-30-16-18-31(19-17-30)26(33)14-9-21-6-2-1-3-7-21/h1-15H,16-20H2/b14-9+. The summed E-state index contributed by atoms with van der Waals surface area (Å²) in [6.07, 6.45) is 5.62. The van der Waals surface area contributed by atoms with E-state index in [0.29, 0.717) is 18.1 Å². The van der Waals surface area contributed by atoms with E-state index in [1.54, 1.807) is 6.08 Å². The van der Waals surface area contributed by atoms with Crippen molar-refractivity contribution in [1.82, 2.24) is 19.2 Å². The Labute approximate surface area is 198 Å². The van der Waals surface area contributed by atoms with E-state index in [1.807, 2.05) is 83.8 Å². The fraction of sp³-hybridized carbons (Fsp3) is 0.185. The van der Waals surface area contributed by atoms with Gasteiger partial charge in [-0.05, 0) is 35.9 Å². The number of imidazole rings is 1. The highest BCUT2D eigenvalue weighted by Crippen LogP contribution is 2.27. The van der Waals surface area contributed by atoms with Crippen LogP contribution in [0.1, 0.15) is 11.3 Å². The molecule has 0 aliphatic carbocycles. The van der Waals surface area contributed by atoms with Crippen LogP contribution >= 0.6 is 11.6 Å². The number of carbonyl (C=O) groups excluding carboxylic acids is 1. The van der Waals surface area contributed by atoms with Crippen molar-refractivity contribution in [3.63, 3.8) is 0 Å². The van der Waals surface area contributed by atoms with Crippen molar-refractivity contribution in [2.75, 3.05) is 26.2 Å². The molecule has 3 heterocycles. The van der Waals surface area contributed by atoms with Gasteiger partial charge in [0.05, 0.1) is 11.4 Å². The van der Waals surface area contributed by atoms with Crippen LogP contribution in [0.2, 0.25) is 5.02 Å². The molecule has 1 amide bonds. The van der Waals surface area contributed by atoms with Gasteiger partial charge in [-0.3, -0.25) is 9.69 Å². The molecule has 5 rings (SSSR count). The average Bonchev–Trinajstić information content (AvgIpc) is 3.22. The fourth-order valence-corrected chi connectivity index (χ4v) is 4.34. The SMILES string of the molecule is O=C(/C=C/c1ccccc1)N1CCN(Cc2c(-c3ccc(Cl)cc3)nc3ccccn23)CC1. The summed E-state index contributed by atoms with van der Waals surface area (Å²) in [6.45, 7) is 3.84. The Bertz CT molecular complexity index is 1270. The lowest BCUT2D eigenvalue weighted by molar-refractivity contribution is -0.127. The largest absolute Gasteiger partial charge is 0.337 e. The summed E-state index contributed by atoms with van der Waals surface area (Å²) in [5.74, 6) is 0.0650. The van der Waals surface area contributed by atoms with Gasteiger partial charge in [0.1, 0.15) is 5.65 Å². The summed E-state index contributed by atoms with van der Waals surface area (Å²) in [4.78, 5) is 21.8. The van der Waals surface area contributed by atoms with Crippen LogP contribution in [0.25, 0.3) is 23.0 Å². The van der Waals surface area contributed by atoms with Gasteiger partial charge in [-0.1, -0.05) is 60.1 Å². The molecule has 2 aromatic carbocycles. The molecule has 0 saturated carbocycles. The van der Waals surface area contributed by atoms with Crippen LogP contribution < -0.4 is 0 Å². The maximum atomic E-state index is 12.6. The quantitative estimate of drug-likeness (QED) is 0.396. The van der Waals surface area contributed by atoms with Crippen molar-refractivity contribution < 1.29 is 4.79 Å². The number of hydrogen-bond donors (Lipinski definition) is 0. The Kier molecular flexibility index (Phi) is 6.24. The molecule has 0 radical (unpaired) electrons. The lowest BCUT2D eigenvalue weighted by Gasteiger charge is -2.34. The Morgan fingerprint density at radius 2 is 1.64 bits per heavy atom. The molecule has 1 fully saturated rings. The third kappa shape index (κ3) is 4.85. The van der Waals surface area contributed by atoms with E-state index in [9.17, 15) is 4.79 Å². The zero-order valence-corrected chi connectivity index (χ0v) is 19.0. The second-order valence-corrected chi connectivity index (χ2v) is 8.62.